The Kier molecular flexibility index (Phi) is 11.3. The Morgan fingerprint density at radius 2 is 1.25 bits per heavy atom. The van der Waals surface area contributed by atoms with Gasteiger partial charge < -0.3 is 19.9 Å². The van der Waals surface area contributed by atoms with Crippen molar-refractivity contribution in [3.8, 4) is 0 Å². The molecule has 32 heavy (non-hydrogen) atoms. The highest BCUT2D eigenvalue weighted by Crippen LogP contribution is 2.18. The summed E-state index contributed by atoms with van der Waals surface area (Å²) < 4.78 is 14.2. The van der Waals surface area contributed by atoms with Crippen molar-refractivity contribution in [2.75, 3.05) is 0 Å². The fourth-order valence-corrected chi connectivity index (χ4v) is 1.51. The van der Waals surface area contributed by atoms with Crippen molar-refractivity contribution in [3.05, 3.63) is 0 Å². The molecule has 0 aromatic rings. The summed E-state index contributed by atoms with van der Waals surface area (Å²) >= 11 is 0. The molecule has 0 saturated heterocycles. The van der Waals surface area contributed by atoms with Crippen molar-refractivity contribution < 1.29 is 67.3 Å². The number of esters is 3. The van der Waals surface area contributed by atoms with Gasteiger partial charge >= 0.3 is 47.6 Å². The Morgan fingerprint density at radius 1 is 0.750 bits per heavy atom. The second-order valence-electron chi connectivity index (χ2n) is 6.18. The summed E-state index contributed by atoms with van der Waals surface area (Å²) in [6, 6.07) is -1.22. The van der Waals surface area contributed by atoms with Gasteiger partial charge in [-0.25, -0.2) is 38.7 Å². The van der Waals surface area contributed by atoms with Crippen LogP contribution in [-0.4, -0.2) is 59.7 Å². The lowest BCUT2D eigenvalue weighted by Crippen LogP contribution is -2.48. The third kappa shape index (κ3) is 10.9. The third-order valence-corrected chi connectivity index (χ3v) is 3.00. The lowest BCUT2D eigenvalue weighted by atomic mass is 10.2. The Bertz CT molecular complexity index is 760. The van der Waals surface area contributed by atoms with Gasteiger partial charge in [0.2, 0.25) is 6.10 Å². The summed E-state index contributed by atoms with van der Waals surface area (Å²) in [6.45, 7) is 5.00. The molecule has 0 spiro atoms. The van der Waals surface area contributed by atoms with E-state index in [9.17, 15) is 33.6 Å². The number of rotatable bonds is 9. The molecule has 0 amide bonds. The molecule has 0 saturated carbocycles. The van der Waals surface area contributed by atoms with Crippen LogP contribution in [0, 0.1) is 0 Å². The normalized spacial score (nSPS) is 13.8. The maximum absolute atomic E-state index is 12.1. The molecule has 0 aliphatic carbocycles. The fourth-order valence-electron chi connectivity index (χ4n) is 1.51. The van der Waals surface area contributed by atoms with E-state index in [-0.39, 0.29) is 0 Å². The van der Waals surface area contributed by atoms with Crippen LogP contribution in [0.15, 0.2) is 0 Å². The summed E-state index contributed by atoms with van der Waals surface area (Å²) in [4.78, 5) is 96.5. The van der Waals surface area contributed by atoms with Gasteiger partial charge in [-0.3, -0.25) is 14.4 Å². The molecule has 0 aliphatic heterocycles. The Hall–Kier alpha value is -3.75. The fraction of sp³-hybridized carbons (Fsp3) is 0.588. The zero-order valence-electron chi connectivity index (χ0n) is 17.9. The van der Waals surface area contributed by atoms with Crippen LogP contribution in [0.5, 0.6) is 0 Å². The predicted octanol–water partition coefficient (Wildman–Crippen LogP) is -1.11. The zero-order chi connectivity index (χ0) is 25.1. The van der Waals surface area contributed by atoms with E-state index in [4.69, 9.17) is 15.2 Å². The van der Waals surface area contributed by atoms with Crippen LogP contribution in [0.4, 0.5) is 0 Å². The van der Waals surface area contributed by atoms with Crippen LogP contribution >= 0.6 is 0 Å². The molecule has 0 aromatic carbocycles. The van der Waals surface area contributed by atoms with Gasteiger partial charge in [-0.1, -0.05) is 0 Å². The second-order valence-corrected chi connectivity index (χ2v) is 6.18. The summed E-state index contributed by atoms with van der Waals surface area (Å²) in [6.07, 6.45) is -2.81. The van der Waals surface area contributed by atoms with E-state index in [1.807, 2.05) is 0 Å². The number of ether oxygens (including phenoxy) is 3. The minimum absolute atomic E-state index is 0.639. The van der Waals surface area contributed by atoms with Crippen LogP contribution in [-0.2, 0) is 67.3 Å². The lowest BCUT2D eigenvalue weighted by Gasteiger charge is -2.26. The van der Waals surface area contributed by atoms with Gasteiger partial charge in [0.25, 0.3) is 0 Å². The first-order valence-electron chi connectivity index (χ1n) is 8.86. The van der Waals surface area contributed by atoms with Crippen LogP contribution in [0.25, 0.3) is 0 Å². The lowest BCUT2D eigenvalue weighted by molar-refractivity contribution is -0.290. The first kappa shape index (κ1) is 28.2. The third-order valence-electron chi connectivity index (χ3n) is 3.00. The molecule has 180 valence electrons. The number of hydrogen-bond acceptors (Lipinski definition) is 15. The predicted molar refractivity (Wildman–Crippen MR) is 94.7 cm³/mol. The van der Waals surface area contributed by atoms with Gasteiger partial charge in [-0.2, -0.15) is 0 Å². The van der Waals surface area contributed by atoms with Crippen molar-refractivity contribution in [1.29, 1.82) is 0 Å². The van der Waals surface area contributed by atoms with Crippen molar-refractivity contribution >= 4 is 41.8 Å². The van der Waals surface area contributed by atoms with Gasteiger partial charge in [0.05, 0.1) is 12.8 Å². The second kappa shape index (κ2) is 12.8. The number of carbonyl (C=O) groups excluding carboxylic acids is 7. The highest BCUT2D eigenvalue weighted by molar-refractivity contribution is 5.87. The smallest absolute Gasteiger partial charge is 0.439 e. The molecule has 0 aromatic heterocycles. The Labute approximate surface area is 181 Å². The van der Waals surface area contributed by atoms with Gasteiger partial charge in [0.15, 0.2) is 0 Å². The van der Waals surface area contributed by atoms with Crippen LogP contribution in [0.3, 0.4) is 0 Å². The van der Waals surface area contributed by atoms with Crippen LogP contribution in [0.1, 0.15) is 47.5 Å². The Balaban J connectivity index is 4.93. The maximum Gasteiger partial charge on any atom is 0.439 e. The first-order valence-corrected chi connectivity index (χ1v) is 8.86. The molecule has 15 heteroatoms. The van der Waals surface area contributed by atoms with Crippen molar-refractivity contribution in [2.45, 2.75) is 65.4 Å². The molecule has 15 nitrogen and oxygen atoms in total. The highest BCUT2D eigenvalue weighted by Gasteiger charge is 2.46. The number of carbonyl (C=O) groups is 7. The van der Waals surface area contributed by atoms with E-state index in [0.29, 0.717) is 0 Å². The summed E-state index contributed by atoms with van der Waals surface area (Å²) in [7, 11) is 0. The SMILES string of the molecule is CC(=O)OOC(=O)C(C)OC(=O)CCC(=O)OC(C)(OC(=O)C(C)N)C(=O)OOC(C)=O. The molecule has 0 aliphatic rings. The van der Waals surface area contributed by atoms with Crippen molar-refractivity contribution in [3.63, 3.8) is 0 Å². The molecular formula is C17H23NO14. The van der Waals surface area contributed by atoms with Gasteiger partial charge in [0.1, 0.15) is 6.04 Å². The summed E-state index contributed by atoms with van der Waals surface area (Å²) in [5, 5.41) is 0. The van der Waals surface area contributed by atoms with Crippen molar-refractivity contribution in [2.24, 2.45) is 5.73 Å². The van der Waals surface area contributed by atoms with Gasteiger partial charge in [-0.15, -0.1) is 0 Å². The highest BCUT2D eigenvalue weighted by atomic mass is 17.2. The van der Waals surface area contributed by atoms with E-state index < -0.39 is 72.6 Å². The molecule has 0 fully saturated rings. The molecule has 3 unspecified atom stereocenters. The standard InChI is InChI=1S/C17H23NO14/c1-8(18)14(23)28-17(5,16(25)32-30-11(4)20)27-13(22)7-6-12(21)26-9(2)15(24)31-29-10(3)19/h8-9H,6-7,18H2,1-5H3. The largest absolute Gasteiger partial charge is 0.450 e. The van der Waals surface area contributed by atoms with E-state index in [0.717, 1.165) is 27.7 Å². The summed E-state index contributed by atoms with van der Waals surface area (Å²) in [5.41, 5.74) is 5.32. The van der Waals surface area contributed by atoms with Crippen molar-refractivity contribution in [1.82, 2.24) is 0 Å². The molecule has 0 rings (SSSR count). The first-order chi connectivity index (χ1) is 14.7. The molecule has 0 bridgehead atoms. The molecular weight excluding hydrogens is 442 g/mol. The molecule has 2 N–H and O–H groups in total. The van der Waals surface area contributed by atoms with E-state index in [1.165, 1.54) is 6.92 Å². The van der Waals surface area contributed by atoms with Crippen LogP contribution in [0.2, 0.25) is 0 Å². The number of nitrogens with two attached hydrogens (primary N) is 1. The maximum atomic E-state index is 12.1. The monoisotopic (exact) mass is 465 g/mol. The molecule has 3 atom stereocenters. The summed E-state index contributed by atoms with van der Waals surface area (Å²) in [5.74, 6) is -10.9. The Morgan fingerprint density at radius 3 is 1.75 bits per heavy atom. The minimum atomic E-state index is -2.71. The quantitative estimate of drug-likeness (QED) is 0.185. The zero-order valence-corrected chi connectivity index (χ0v) is 17.9. The van der Waals surface area contributed by atoms with Crippen LogP contribution < -0.4 is 5.73 Å². The minimum Gasteiger partial charge on any atom is -0.450 e. The van der Waals surface area contributed by atoms with E-state index in [1.54, 1.807) is 0 Å². The van der Waals surface area contributed by atoms with E-state index >= 15 is 0 Å². The number of hydrogen-bond donors (Lipinski definition) is 1. The topological polar surface area (TPSA) is 210 Å². The van der Waals surface area contributed by atoms with Gasteiger partial charge in [-0.05, 0) is 13.8 Å². The average molecular weight is 465 g/mol. The van der Waals surface area contributed by atoms with Gasteiger partial charge in [0, 0.05) is 20.8 Å². The average Bonchev–Trinajstić information content (AvgIpc) is 2.67. The molecule has 0 heterocycles. The van der Waals surface area contributed by atoms with E-state index in [2.05, 4.69) is 24.3 Å². The molecule has 0 radical (unpaired) electrons.